The molecule has 0 unspecified atom stereocenters. The van der Waals surface area contributed by atoms with E-state index < -0.39 is 0 Å². The van der Waals surface area contributed by atoms with Gasteiger partial charge in [0, 0.05) is 25.7 Å². The number of hydrogen-bond acceptors (Lipinski definition) is 2. The predicted molar refractivity (Wildman–Crippen MR) is 111 cm³/mol. The zero-order valence-corrected chi connectivity index (χ0v) is 17.1. The van der Waals surface area contributed by atoms with Crippen LogP contribution in [0.1, 0.15) is 23.6 Å². The lowest BCUT2D eigenvalue weighted by atomic mass is 10.1. The molecule has 2 N–H and O–H groups in total. The third-order valence-electron chi connectivity index (χ3n) is 3.64. The number of nitrogens with zero attached hydrogens (tertiary/aromatic N) is 1. The molecule has 0 bridgehead atoms. The minimum Gasteiger partial charge on any atom is -0.494 e. The van der Waals surface area contributed by atoms with E-state index in [4.69, 9.17) is 4.74 Å². The van der Waals surface area contributed by atoms with E-state index in [9.17, 15) is 4.39 Å². The summed E-state index contributed by atoms with van der Waals surface area (Å²) in [5, 5.41) is 6.43. The second-order valence-corrected chi connectivity index (χ2v) is 5.40. The monoisotopic (exact) mass is 457 g/mol. The number of nitrogens with one attached hydrogen (secondary N) is 2. The van der Waals surface area contributed by atoms with Crippen molar-refractivity contribution in [3.63, 3.8) is 0 Å². The van der Waals surface area contributed by atoms with Crippen LogP contribution in [0.2, 0.25) is 0 Å². The van der Waals surface area contributed by atoms with E-state index in [0.29, 0.717) is 31.2 Å². The van der Waals surface area contributed by atoms with Gasteiger partial charge < -0.3 is 15.4 Å². The van der Waals surface area contributed by atoms with Gasteiger partial charge in [-0.3, -0.25) is 4.99 Å². The van der Waals surface area contributed by atoms with Gasteiger partial charge in [0.2, 0.25) is 0 Å². The maximum absolute atomic E-state index is 13.6. The van der Waals surface area contributed by atoms with Crippen LogP contribution in [0.3, 0.4) is 0 Å². The van der Waals surface area contributed by atoms with Crippen LogP contribution in [-0.2, 0) is 13.1 Å². The van der Waals surface area contributed by atoms with Crippen molar-refractivity contribution < 1.29 is 9.13 Å². The molecular weight excluding hydrogens is 432 g/mol. The molecule has 0 aliphatic carbocycles. The van der Waals surface area contributed by atoms with Gasteiger partial charge in [0.25, 0.3) is 0 Å². The molecule has 2 aromatic carbocycles. The molecule has 2 rings (SSSR count). The maximum atomic E-state index is 13.6. The molecule has 0 saturated heterocycles. The number of ether oxygens (including phenoxy) is 1. The Labute approximate surface area is 165 Å². The normalized spacial score (nSPS) is 10.8. The van der Waals surface area contributed by atoms with Gasteiger partial charge in [-0.15, -0.1) is 24.0 Å². The van der Waals surface area contributed by atoms with Gasteiger partial charge in [-0.1, -0.05) is 30.3 Å². The quantitative estimate of drug-likeness (QED) is 0.392. The molecule has 0 aliphatic heterocycles. The minimum atomic E-state index is -0.192. The molecular formula is C19H25FIN3O. The number of benzene rings is 2. The number of aryl methyl sites for hydroxylation is 1. The zero-order valence-electron chi connectivity index (χ0n) is 14.8. The first-order valence-corrected chi connectivity index (χ1v) is 8.04. The van der Waals surface area contributed by atoms with E-state index in [2.05, 4.69) is 15.6 Å². The summed E-state index contributed by atoms with van der Waals surface area (Å²) in [5.74, 6) is 1.33. The average molecular weight is 457 g/mol. The van der Waals surface area contributed by atoms with E-state index in [1.807, 2.05) is 37.3 Å². The van der Waals surface area contributed by atoms with E-state index in [-0.39, 0.29) is 29.8 Å². The van der Waals surface area contributed by atoms with Crippen molar-refractivity contribution in [3.05, 3.63) is 65.0 Å². The molecule has 0 heterocycles. The summed E-state index contributed by atoms with van der Waals surface area (Å²) < 4.78 is 19.2. The molecule has 136 valence electrons. The van der Waals surface area contributed by atoms with Crippen LogP contribution >= 0.6 is 24.0 Å². The van der Waals surface area contributed by atoms with Crippen LogP contribution in [0.5, 0.6) is 5.75 Å². The topological polar surface area (TPSA) is 45.6 Å². The summed E-state index contributed by atoms with van der Waals surface area (Å²) in [6.07, 6.45) is 0. The summed E-state index contributed by atoms with van der Waals surface area (Å²) in [6.45, 7) is 5.44. The summed E-state index contributed by atoms with van der Waals surface area (Å²) >= 11 is 0. The largest absolute Gasteiger partial charge is 0.494 e. The lowest BCUT2D eigenvalue weighted by molar-refractivity contribution is 0.336. The van der Waals surface area contributed by atoms with Crippen LogP contribution in [0.4, 0.5) is 4.39 Å². The first-order chi connectivity index (χ1) is 11.6. The van der Waals surface area contributed by atoms with Gasteiger partial charge in [-0.05, 0) is 37.1 Å². The number of guanidine groups is 1. The Morgan fingerprint density at radius 2 is 1.84 bits per heavy atom. The fraction of sp³-hybridized carbons (Fsp3) is 0.316. The Morgan fingerprint density at radius 1 is 1.12 bits per heavy atom. The smallest absolute Gasteiger partial charge is 0.191 e. The SMILES string of the molecule is CCOc1ccccc1CNC(=NC)NCc1ccc(C)c(F)c1.I. The van der Waals surface area contributed by atoms with Crippen molar-refractivity contribution >= 4 is 29.9 Å². The summed E-state index contributed by atoms with van der Waals surface area (Å²) in [6, 6.07) is 13.1. The molecule has 0 atom stereocenters. The van der Waals surface area contributed by atoms with Crippen LogP contribution < -0.4 is 15.4 Å². The van der Waals surface area contributed by atoms with Crippen LogP contribution in [-0.4, -0.2) is 19.6 Å². The average Bonchev–Trinajstić information content (AvgIpc) is 2.59. The number of halogens is 2. The highest BCUT2D eigenvalue weighted by atomic mass is 127. The molecule has 0 aliphatic rings. The number of rotatable bonds is 6. The molecule has 0 aromatic heterocycles. The van der Waals surface area contributed by atoms with E-state index in [1.165, 1.54) is 0 Å². The van der Waals surface area contributed by atoms with Gasteiger partial charge in [0.05, 0.1) is 6.61 Å². The Bertz CT molecular complexity index is 707. The molecule has 2 aromatic rings. The van der Waals surface area contributed by atoms with Crippen molar-refractivity contribution in [2.45, 2.75) is 26.9 Å². The molecule has 25 heavy (non-hydrogen) atoms. The Hall–Kier alpha value is -1.83. The third kappa shape index (κ3) is 6.53. The van der Waals surface area contributed by atoms with Crippen molar-refractivity contribution in [2.24, 2.45) is 4.99 Å². The fourth-order valence-electron chi connectivity index (χ4n) is 2.28. The van der Waals surface area contributed by atoms with Crippen molar-refractivity contribution in [1.29, 1.82) is 0 Å². The van der Waals surface area contributed by atoms with Crippen molar-refractivity contribution in [2.75, 3.05) is 13.7 Å². The van der Waals surface area contributed by atoms with Gasteiger partial charge in [-0.2, -0.15) is 0 Å². The van der Waals surface area contributed by atoms with Crippen LogP contribution in [0.25, 0.3) is 0 Å². The summed E-state index contributed by atoms with van der Waals surface area (Å²) in [7, 11) is 1.71. The van der Waals surface area contributed by atoms with Gasteiger partial charge in [0.15, 0.2) is 5.96 Å². The van der Waals surface area contributed by atoms with Crippen LogP contribution in [0.15, 0.2) is 47.5 Å². The first kappa shape index (κ1) is 21.2. The molecule has 0 spiro atoms. The molecule has 0 radical (unpaired) electrons. The van der Waals surface area contributed by atoms with E-state index in [0.717, 1.165) is 16.9 Å². The maximum Gasteiger partial charge on any atom is 0.191 e. The van der Waals surface area contributed by atoms with E-state index >= 15 is 0 Å². The second-order valence-electron chi connectivity index (χ2n) is 5.40. The van der Waals surface area contributed by atoms with Crippen LogP contribution in [0, 0.1) is 12.7 Å². The van der Waals surface area contributed by atoms with Crippen molar-refractivity contribution in [1.82, 2.24) is 10.6 Å². The van der Waals surface area contributed by atoms with Gasteiger partial charge in [0.1, 0.15) is 11.6 Å². The number of aliphatic imine (C=N–C) groups is 1. The van der Waals surface area contributed by atoms with Gasteiger partial charge >= 0.3 is 0 Å². The molecule has 6 heteroatoms. The zero-order chi connectivity index (χ0) is 17.4. The molecule has 0 amide bonds. The summed E-state index contributed by atoms with van der Waals surface area (Å²) in [5.41, 5.74) is 2.58. The Balaban J connectivity index is 0.00000312. The second kappa shape index (κ2) is 10.9. The minimum absolute atomic E-state index is 0. The molecule has 4 nitrogen and oxygen atoms in total. The number of para-hydroxylation sites is 1. The number of hydrogen-bond donors (Lipinski definition) is 2. The Morgan fingerprint density at radius 3 is 2.52 bits per heavy atom. The Kier molecular flexibility index (Phi) is 9.26. The highest BCUT2D eigenvalue weighted by Crippen LogP contribution is 2.17. The lowest BCUT2D eigenvalue weighted by Crippen LogP contribution is -2.36. The molecule has 0 saturated carbocycles. The van der Waals surface area contributed by atoms with E-state index in [1.54, 1.807) is 26.1 Å². The standard InChI is InChI=1S/C19H24FN3O.HI/c1-4-24-18-8-6-5-7-16(18)13-23-19(21-3)22-12-15-10-9-14(2)17(20)11-15;/h5-11H,4,12-13H2,1-3H3,(H2,21,22,23);1H. The van der Waals surface area contributed by atoms with Crippen molar-refractivity contribution in [3.8, 4) is 5.75 Å². The highest BCUT2D eigenvalue weighted by molar-refractivity contribution is 14.0. The molecule has 0 fully saturated rings. The summed E-state index contributed by atoms with van der Waals surface area (Å²) in [4.78, 5) is 4.19. The first-order valence-electron chi connectivity index (χ1n) is 8.04. The fourth-order valence-corrected chi connectivity index (χ4v) is 2.28. The highest BCUT2D eigenvalue weighted by Gasteiger charge is 2.05. The van der Waals surface area contributed by atoms with Gasteiger partial charge in [-0.25, -0.2) is 4.39 Å². The lowest BCUT2D eigenvalue weighted by Gasteiger charge is -2.14. The third-order valence-corrected chi connectivity index (χ3v) is 3.64. The predicted octanol–water partition coefficient (Wildman–Crippen LogP) is 4.02.